The van der Waals surface area contributed by atoms with Gasteiger partial charge in [0.1, 0.15) is 5.82 Å². The molecule has 2 heterocycles. The van der Waals surface area contributed by atoms with Crippen molar-refractivity contribution in [1.29, 1.82) is 0 Å². The van der Waals surface area contributed by atoms with Crippen molar-refractivity contribution in [2.24, 2.45) is 0 Å². The number of β-amino-alcohol motifs (C(OH)–C–C–N with tert-alkyl or cyclic N) is 1. The van der Waals surface area contributed by atoms with Crippen LogP contribution in [0.15, 0.2) is 42.6 Å². The quantitative estimate of drug-likeness (QED) is 0.936. The molecule has 1 fully saturated rings. The Kier molecular flexibility index (Phi) is 4.88. The van der Waals surface area contributed by atoms with Crippen LogP contribution in [0.5, 0.6) is 0 Å². The van der Waals surface area contributed by atoms with Crippen LogP contribution in [-0.4, -0.2) is 58.3 Å². The summed E-state index contributed by atoms with van der Waals surface area (Å²) in [6, 6.07) is 12.4. The van der Waals surface area contributed by atoms with E-state index in [1.807, 2.05) is 49.5 Å². The smallest absolute Gasteiger partial charge is 0.161 e. The predicted molar refractivity (Wildman–Crippen MR) is 92.4 cm³/mol. The van der Waals surface area contributed by atoms with Gasteiger partial charge in [-0.1, -0.05) is 30.3 Å². The largest absolute Gasteiger partial charge is 0.392 e. The molecule has 1 aliphatic heterocycles. The van der Waals surface area contributed by atoms with Gasteiger partial charge in [0.2, 0.25) is 0 Å². The van der Waals surface area contributed by atoms with Crippen LogP contribution < -0.4 is 4.90 Å². The summed E-state index contributed by atoms with van der Waals surface area (Å²) in [6.07, 6.45) is 1.55. The Morgan fingerprint density at radius 3 is 2.70 bits per heavy atom. The SMILES string of the molecule is CC(O)CN1CCN(c2ccnc(-c3ccccc3)n2)CC1C. The Labute approximate surface area is 137 Å². The number of aliphatic hydroxyl groups is 1. The monoisotopic (exact) mass is 312 g/mol. The van der Waals surface area contributed by atoms with Crippen LogP contribution in [0.4, 0.5) is 5.82 Å². The van der Waals surface area contributed by atoms with Gasteiger partial charge in [0.15, 0.2) is 5.82 Å². The van der Waals surface area contributed by atoms with Crippen molar-refractivity contribution < 1.29 is 5.11 Å². The zero-order valence-corrected chi connectivity index (χ0v) is 13.8. The van der Waals surface area contributed by atoms with Crippen LogP contribution in [0, 0.1) is 0 Å². The van der Waals surface area contributed by atoms with Crippen molar-refractivity contribution in [2.75, 3.05) is 31.1 Å². The molecule has 0 aliphatic carbocycles. The lowest BCUT2D eigenvalue weighted by Crippen LogP contribution is -2.53. The summed E-state index contributed by atoms with van der Waals surface area (Å²) in [5.41, 5.74) is 1.04. The molecule has 1 aromatic carbocycles. The number of hydrogen-bond donors (Lipinski definition) is 1. The molecule has 5 nitrogen and oxygen atoms in total. The fourth-order valence-corrected chi connectivity index (χ4v) is 3.07. The highest BCUT2D eigenvalue weighted by Crippen LogP contribution is 2.20. The number of anilines is 1. The van der Waals surface area contributed by atoms with E-state index in [1.54, 1.807) is 0 Å². The molecule has 1 aliphatic rings. The summed E-state index contributed by atoms with van der Waals surface area (Å²) >= 11 is 0. The van der Waals surface area contributed by atoms with Crippen molar-refractivity contribution in [3.05, 3.63) is 42.6 Å². The second-order valence-electron chi connectivity index (χ2n) is 6.24. The Morgan fingerprint density at radius 1 is 1.22 bits per heavy atom. The molecule has 1 saturated heterocycles. The molecule has 0 spiro atoms. The summed E-state index contributed by atoms with van der Waals surface area (Å²) < 4.78 is 0. The summed E-state index contributed by atoms with van der Waals surface area (Å²) in [7, 11) is 0. The topological polar surface area (TPSA) is 52.5 Å². The molecule has 2 atom stereocenters. The molecule has 0 amide bonds. The van der Waals surface area contributed by atoms with Crippen LogP contribution in [0.25, 0.3) is 11.4 Å². The lowest BCUT2D eigenvalue weighted by atomic mass is 10.1. The van der Waals surface area contributed by atoms with E-state index >= 15 is 0 Å². The number of nitrogens with zero attached hydrogens (tertiary/aromatic N) is 4. The maximum absolute atomic E-state index is 9.59. The minimum Gasteiger partial charge on any atom is -0.392 e. The van der Waals surface area contributed by atoms with Crippen molar-refractivity contribution >= 4 is 5.82 Å². The molecule has 1 aromatic heterocycles. The average Bonchev–Trinajstić information content (AvgIpc) is 2.57. The van der Waals surface area contributed by atoms with Gasteiger partial charge < -0.3 is 10.0 Å². The minimum absolute atomic E-state index is 0.285. The second kappa shape index (κ2) is 7.06. The van der Waals surface area contributed by atoms with Crippen LogP contribution in [-0.2, 0) is 0 Å². The first kappa shape index (κ1) is 15.9. The van der Waals surface area contributed by atoms with Gasteiger partial charge in [0.05, 0.1) is 6.10 Å². The molecule has 0 bridgehead atoms. The first-order valence-corrected chi connectivity index (χ1v) is 8.19. The van der Waals surface area contributed by atoms with Crippen LogP contribution in [0.3, 0.4) is 0 Å². The predicted octanol–water partition coefficient (Wildman–Crippen LogP) is 2.03. The molecule has 2 unspecified atom stereocenters. The van der Waals surface area contributed by atoms with Gasteiger partial charge in [-0.25, -0.2) is 9.97 Å². The average molecular weight is 312 g/mol. The molecule has 0 saturated carbocycles. The van der Waals surface area contributed by atoms with Gasteiger partial charge in [0, 0.05) is 44.0 Å². The third-order valence-corrected chi connectivity index (χ3v) is 4.26. The van der Waals surface area contributed by atoms with E-state index in [0.29, 0.717) is 6.04 Å². The van der Waals surface area contributed by atoms with E-state index in [-0.39, 0.29) is 6.10 Å². The van der Waals surface area contributed by atoms with Gasteiger partial charge >= 0.3 is 0 Å². The van der Waals surface area contributed by atoms with Crippen molar-refractivity contribution in [1.82, 2.24) is 14.9 Å². The Balaban J connectivity index is 1.73. The maximum Gasteiger partial charge on any atom is 0.161 e. The number of hydrogen-bond acceptors (Lipinski definition) is 5. The Bertz CT molecular complexity index is 632. The zero-order valence-electron chi connectivity index (χ0n) is 13.8. The normalized spacial score (nSPS) is 20.5. The van der Waals surface area contributed by atoms with E-state index in [9.17, 15) is 5.11 Å². The number of rotatable bonds is 4. The molecule has 5 heteroatoms. The molecule has 2 aromatic rings. The third-order valence-electron chi connectivity index (χ3n) is 4.26. The Morgan fingerprint density at radius 2 is 2.00 bits per heavy atom. The summed E-state index contributed by atoms with van der Waals surface area (Å²) in [6.45, 7) is 7.55. The maximum atomic E-state index is 9.59. The van der Waals surface area contributed by atoms with Crippen LogP contribution in [0.1, 0.15) is 13.8 Å². The molecule has 3 rings (SSSR count). The van der Waals surface area contributed by atoms with Gasteiger partial charge in [-0.2, -0.15) is 0 Å². The summed E-state index contributed by atoms with van der Waals surface area (Å²) in [4.78, 5) is 13.8. The molecule has 122 valence electrons. The van der Waals surface area contributed by atoms with Gasteiger partial charge in [-0.3, -0.25) is 4.90 Å². The van der Waals surface area contributed by atoms with Gasteiger partial charge in [-0.05, 0) is 19.9 Å². The molecular formula is C18H24N4O. The lowest BCUT2D eigenvalue weighted by Gasteiger charge is -2.40. The molecular weight excluding hydrogens is 288 g/mol. The fourth-order valence-electron chi connectivity index (χ4n) is 3.07. The van der Waals surface area contributed by atoms with Gasteiger partial charge in [-0.15, -0.1) is 0 Å². The number of aromatic nitrogens is 2. The van der Waals surface area contributed by atoms with Crippen LogP contribution >= 0.6 is 0 Å². The number of benzene rings is 1. The summed E-state index contributed by atoms with van der Waals surface area (Å²) in [5.74, 6) is 1.74. The second-order valence-corrected chi connectivity index (χ2v) is 6.24. The highest BCUT2D eigenvalue weighted by Gasteiger charge is 2.25. The van der Waals surface area contributed by atoms with E-state index in [1.165, 1.54) is 0 Å². The summed E-state index contributed by atoms with van der Waals surface area (Å²) in [5, 5.41) is 9.59. The zero-order chi connectivity index (χ0) is 16.2. The lowest BCUT2D eigenvalue weighted by molar-refractivity contribution is 0.0959. The molecule has 0 radical (unpaired) electrons. The minimum atomic E-state index is -0.285. The third kappa shape index (κ3) is 3.86. The van der Waals surface area contributed by atoms with Crippen molar-refractivity contribution in [2.45, 2.75) is 26.0 Å². The first-order valence-electron chi connectivity index (χ1n) is 8.19. The first-order chi connectivity index (χ1) is 11.1. The fraction of sp³-hybridized carbons (Fsp3) is 0.444. The van der Waals surface area contributed by atoms with E-state index < -0.39 is 0 Å². The molecule has 1 N–H and O–H groups in total. The number of piperazine rings is 1. The van der Waals surface area contributed by atoms with E-state index in [2.05, 4.69) is 21.7 Å². The van der Waals surface area contributed by atoms with Crippen molar-refractivity contribution in [3.8, 4) is 11.4 Å². The molecule has 23 heavy (non-hydrogen) atoms. The Hall–Kier alpha value is -1.98. The highest BCUT2D eigenvalue weighted by atomic mass is 16.3. The van der Waals surface area contributed by atoms with Gasteiger partial charge in [0.25, 0.3) is 0 Å². The van der Waals surface area contributed by atoms with E-state index in [4.69, 9.17) is 4.98 Å². The standard InChI is InChI=1S/C18H24N4O/c1-14-12-22(11-10-21(14)13-15(2)23)17-8-9-19-18(20-17)16-6-4-3-5-7-16/h3-9,14-15,23H,10-13H2,1-2H3. The highest BCUT2D eigenvalue weighted by molar-refractivity contribution is 5.57. The van der Waals surface area contributed by atoms with Crippen LogP contribution in [0.2, 0.25) is 0 Å². The number of aliphatic hydroxyl groups excluding tert-OH is 1. The van der Waals surface area contributed by atoms with Crippen molar-refractivity contribution in [3.63, 3.8) is 0 Å². The van der Waals surface area contributed by atoms with E-state index in [0.717, 1.165) is 43.4 Å².